The normalized spacial score (nSPS) is 11.3. The molecule has 19 heavy (non-hydrogen) atoms. The molecule has 0 aliphatic carbocycles. The number of aliphatic hydroxyl groups is 1. The molecule has 0 radical (unpaired) electrons. The van der Waals surface area contributed by atoms with Gasteiger partial charge in [0.1, 0.15) is 4.99 Å². The number of hydrogen-bond donors (Lipinski definition) is 2. The van der Waals surface area contributed by atoms with Gasteiger partial charge in [0, 0.05) is 18.7 Å². The summed E-state index contributed by atoms with van der Waals surface area (Å²) >= 11 is 4.89. The second-order valence-electron chi connectivity index (χ2n) is 4.36. The molecule has 0 unspecified atom stereocenters. The highest BCUT2D eigenvalue weighted by atomic mass is 32.1. The van der Waals surface area contributed by atoms with Gasteiger partial charge in [-0.05, 0) is 24.1 Å². The van der Waals surface area contributed by atoms with Gasteiger partial charge in [-0.2, -0.15) is 0 Å². The molecule has 106 valence electrons. The lowest BCUT2D eigenvalue weighted by Crippen LogP contribution is -2.31. The number of aliphatic hydroxyl groups excluding tert-OH is 1. The van der Waals surface area contributed by atoms with Gasteiger partial charge >= 0.3 is 0 Å². The third-order valence-corrected chi connectivity index (χ3v) is 3.07. The summed E-state index contributed by atoms with van der Waals surface area (Å²) in [5.41, 5.74) is 8.17. The smallest absolute Gasteiger partial charge is 0.251 e. The first-order valence-corrected chi connectivity index (χ1v) is 6.35. The first kappa shape index (κ1) is 15.9. The van der Waals surface area contributed by atoms with Crippen LogP contribution in [-0.2, 0) is 6.54 Å². The largest absolute Gasteiger partial charge is 0.395 e. The van der Waals surface area contributed by atoms with Gasteiger partial charge in [0.2, 0.25) is 0 Å². The number of thiocarbonyl (C=S) groups is 1. The molecular formula is C13H18F2N2OS. The molecule has 0 aliphatic rings. The number of aryl methyl sites for hydroxylation is 1. The predicted molar refractivity (Wildman–Crippen MR) is 75.4 cm³/mol. The van der Waals surface area contributed by atoms with E-state index >= 15 is 0 Å². The van der Waals surface area contributed by atoms with Crippen LogP contribution in [-0.4, -0.2) is 41.1 Å². The number of alkyl halides is 2. The fourth-order valence-electron chi connectivity index (χ4n) is 1.84. The maximum Gasteiger partial charge on any atom is 0.251 e. The monoisotopic (exact) mass is 288 g/mol. The molecule has 0 fully saturated rings. The van der Waals surface area contributed by atoms with Crippen LogP contribution in [0.2, 0.25) is 0 Å². The van der Waals surface area contributed by atoms with Crippen LogP contribution in [0.25, 0.3) is 0 Å². The van der Waals surface area contributed by atoms with E-state index in [1.165, 1.54) is 4.90 Å². The highest BCUT2D eigenvalue weighted by Gasteiger charge is 2.13. The minimum absolute atomic E-state index is 0.142. The van der Waals surface area contributed by atoms with E-state index in [-0.39, 0.29) is 19.7 Å². The van der Waals surface area contributed by atoms with E-state index in [1.54, 1.807) is 6.07 Å². The van der Waals surface area contributed by atoms with E-state index in [4.69, 9.17) is 23.1 Å². The number of nitrogens with two attached hydrogens (primary N) is 1. The number of halogens is 2. The summed E-state index contributed by atoms with van der Waals surface area (Å²) in [5, 5.41) is 8.89. The lowest BCUT2D eigenvalue weighted by atomic mass is 10.0. The Kier molecular flexibility index (Phi) is 6.27. The van der Waals surface area contributed by atoms with Crippen molar-refractivity contribution in [3.8, 4) is 0 Å². The Morgan fingerprint density at radius 3 is 2.63 bits per heavy atom. The molecule has 3 N–H and O–H groups in total. The fourth-order valence-corrected chi connectivity index (χ4v) is 1.97. The summed E-state index contributed by atoms with van der Waals surface area (Å²) in [6.07, 6.45) is -2.41. The third-order valence-electron chi connectivity index (χ3n) is 2.83. The van der Waals surface area contributed by atoms with E-state index in [0.29, 0.717) is 11.5 Å². The Morgan fingerprint density at radius 2 is 2.16 bits per heavy atom. The number of benzene rings is 1. The molecule has 3 nitrogen and oxygen atoms in total. The van der Waals surface area contributed by atoms with Gasteiger partial charge in [0.15, 0.2) is 0 Å². The minimum atomic E-state index is -2.41. The van der Waals surface area contributed by atoms with Gasteiger partial charge in [-0.1, -0.05) is 24.4 Å². The molecule has 0 atom stereocenters. The summed E-state index contributed by atoms with van der Waals surface area (Å²) in [6, 6.07) is 5.46. The summed E-state index contributed by atoms with van der Waals surface area (Å²) in [6.45, 7) is 1.99. The molecule has 0 heterocycles. The topological polar surface area (TPSA) is 49.5 Å². The van der Waals surface area contributed by atoms with Crippen LogP contribution in [0.5, 0.6) is 0 Å². The molecular weight excluding hydrogens is 270 g/mol. The van der Waals surface area contributed by atoms with E-state index in [2.05, 4.69) is 0 Å². The molecule has 0 bridgehead atoms. The molecule has 6 heteroatoms. The maximum absolute atomic E-state index is 12.4. The standard InChI is InChI=1S/C13H18F2N2OS/c1-9-6-10(13(16)19)2-3-11(9)7-17(4-5-18)8-12(14)15/h2-3,6,12,18H,4-5,7-8H2,1H3,(H2,16,19). The average Bonchev–Trinajstić information content (AvgIpc) is 2.31. The predicted octanol–water partition coefficient (Wildman–Crippen LogP) is 1.69. The van der Waals surface area contributed by atoms with Crippen molar-refractivity contribution in [2.45, 2.75) is 19.9 Å². The number of rotatable bonds is 7. The maximum atomic E-state index is 12.4. The van der Waals surface area contributed by atoms with E-state index in [1.807, 2.05) is 19.1 Å². The van der Waals surface area contributed by atoms with Crippen molar-refractivity contribution in [1.82, 2.24) is 4.90 Å². The third kappa shape index (κ3) is 5.18. The average molecular weight is 288 g/mol. The van der Waals surface area contributed by atoms with Gasteiger partial charge < -0.3 is 10.8 Å². The summed E-state index contributed by atoms with van der Waals surface area (Å²) in [7, 11) is 0. The van der Waals surface area contributed by atoms with Gasteiger partial charge in [-0.15, -0.1) is 0 Å². The van der Waals surface area contributed by atoms with Crippen LogP contribution in [0, 0.1) is 6.92 Å². The van der Waals surface area contributed by atoms with E-state index in [0.717, 1.165) is 16.7 Å². The molecule has 0 aliphatic heterocycles. The Bertz CT molecular complexity index is 441. The quantitative estimate of drug-likeness (QED) is 0.750. The van der Waals surface area contributed by atoms with Crippen LogP contribution >= 0.6 is 12.2 Å². The first-order chi connectivity index (χ1) is 8.93. The van der Waals surface area contributed by atoms with E-state index in [9.17, 15) is 8.78 Å². The van der Waals surface area contributed by atoms with Crippen molar-refractivity contribution in [2.24, 2.45) is 5.73 Å². The van der Waals surface area contributed by atoms with Gasteiger partial charge in [0.05, 0.1) is 13.2 Å². The molecule has 0 saturated heterocycles. The van der Waals surface area contributed by atoms with Crippen LogP contribution < -0.4 is 5.73 Å². The van der Waals surface area contributed by atoms with Crippen molar-refractivity contribution in [3.05, 3.63) is 34.9 Å². The van der Waals surface area contributed by atoms with Crippen molar-refractivity contribution in [1.29, 1.82) is 0 Å². The summed E-state index contributed by atoms with van der Waals surface area (Å²) in [5.74, 6) is 0. The SMILES string of the molecule is Cc1cc(C(N)=S)ccc1CN(CCO)CC(F)F. The Balaban J connectivity index is 2.81. The molecule has 1 aromatic rings. The van der Waals surface area contributed by atoms with Gasteiger partial charge in [0.25, 0.3) is 6.43 Å². The number of hydrogen-bond acceptors (Lipinski definition) is 3. The Morgan fingerprint density at radius 1 is 1.47 bits per heavy atom. The highest BCUT2D eigenvalue weighted by molar-refractivity contribution is 7.80. The van der Waals surface area contributed by atoms with Crippen LogP contribution in [0.4, 0.5) is 8.78 Å². The second kappa shape index (κ2) is 7.47. The van der Waals surface area contributed by atoms with Crippen molar-refractivity contribution in [2.75, 3.05) is 19.7 Å². The van der Waals surface area contributed by atoms with Gasteiger partial charge in [-0.3, -0.25) is 4.90 Å². The fraction of sp³-hybridized carbons (Fsp3) is 0.462. The van der Waals surface area contributed by atoms with Gasteiger partial charge in [-0.25, -0.2) is 8.78 Å². The van der Waals surface area contributed by atoms with E-state index < -0.39 is 6.43 Å². The van der Waals surface area contributed by atoms with Crippen LogP contribution in [0.15, 0.2) is 18.2 Å². The lowest BCUT2D eigenvalue weighted by molar-refractivity contribution is 0.0745. The second-order valence-corrected chi connectivity index (χ2v) is 4.80. The summed E-state index contributed by atoms with van der Waals surface area (Å²) in [4.78, 5) is 1.84. The molecule has 1 aromatic carbocycles. The van der Waals surface area contributed by atoms with Crippen molar-refractivity contribution >= 4 is 17.2 Å². The highest BCUT2D eigenvalue weighted by Crippen LogP contribution is 2.14. The zero-order valence-corrected chi connectivity index (χ0v) is 11.6. The Hall–Kier alpha value is -1.11. The van der Waals surface area contributed by atoms with Crippen molar-refractivity contribution in [3.63, 3.8) is 0 Å². The van der Waals surface area contributed by atoms with Crippen LogP contribution in [0.1, 0.15) is 16.7 Å². The summed E-state index contributed by atoms with van der Waals surface area (Å²) < 4.78 is 24.8. The molecule has 0 amide bonds. The molecule has 0 aromatic heterocycles. The molecule has 1 rings (SSSR count). The molecule has 0 saturated carbocycles. The van der Waals surface area contributed by atoms with Crippen LogP contribution in [0.3, 0.4) is 0 Å². The lowest BCUT2D eigenvalue weighted by Gasteiger charge is -2.22. The molecule has 0 spiro atoms. The zero-order valence-electron chi connectivity index (χ0n) is 10.8. The first-order valence-electron chi connectivity index (χ1n) is 5.94. The Labute approximate surface area is 117 Å². The minimum Gasteiger partial charge on any atom is -0.395 e. The number of nitrogens with zero attached hydrogens (tertiary/aromatic N) is 1. The van der Waals surface area contributed by atoms with Crippen molar-refractivity contribution < 1.29 is 13.9 Å². The zero-order chi connectivity index (χ0) is 14.4.